The van der Waals surface area contributed by atoms with Gasteiger partial charge in [-0.1, -0.05) is 35.9 Å². The lowest BCUT2D eigenvalue weighted by molar-refractivity contribution is 0.551. The highest BCUT2D eigenvalue weighted by Gasteiger charge is 2.45. The van der Waals surface area contributed by atoms with Gasteiger partial charge in [0.1, 0.15) is 4.87 Å². The number of rotatable bonds is 0. The number of halogens is 1. The molecule has 0 amide bonds. The monoisotopic (exact) mass is 229 g/mol. The van der Waals surface area contributed by atoms with Gasteiger partial charge >= 0.3 is 0 Å². The van der Waals surface area contributed by atoms with Crippen LogP contribution in [0, 0.1) is 11.3 Å². The number of hydrogen-bond donors (Lipinski definition) is 0. The standard InChI is InChI=1S/C14H12ClN/c15-14(9-16)7-3-5-11-8-10-4-1-2-6-12(10)13(11)14/h1-2,4-6,13H,3,7-8H2/t13-,14?/m0/s1. The summed E-state index contributed by atoms with van der Waals surface area (Å²) in [6, 6.07) is 10.7. The second-order valence-electron chi connectivity index (χ2n) is 4.60. The summed E-state index contributed by atoms with van der Waals surface area (Å²) in [5.74, 6) is 0.115. The summed E-state index contributed by atoms with van der Waals surface area (Å²) in [5, 5.41) is 9.31. The first-order chi connectivity index (χ1) is 7.74. The smallest absolute Gasteiger partial charge is 0.141 e. The van der Waals surface area contributed by atoms with Crippen LogP contribution in [0.15, 0.2) is 35.9 Å². The fraction of sp³-hybridized carbons (Fsp3) is 0.357. The van der Waals surface area contributed by atoms with E-state index in [1.165, 1.54) is 16.7 Å². The molecule has 0 aliphatic heterocycles. The molecule has 1 nitrogen and oxygen atoms in total. The molecule has 0 heterocycles. The van der Waals surface area contributed by atoms with Gasteiger partial charge in [0.05, 0.1) is 6.07 Å². The van der Waals surface area contributed by atoms with Gasteiger partial charge in [-0.15, -0.1) is 11.6 Å². The van der Waals surface area contributed by atoms with Crippen molar-refractivity contribution in [2.24, 2.45) is 0 Å². The zero-order chi connectivity index (χ0) is 11.2. The van der Waals surface area contributed by atoms with E-state index < -0.39 is 4.87 Å². The highest BCUT2D eigenvalue weighted by molar-refractivity contribution is 6.27. The lowest BCUT2D eigenvalue weighted by atomic mass is 9.78. The fourth-order valence-electron chi connectivity index (χ4n) is 2.96. The molecular formula is C14H12ClN. The molecule has 0 saturated heterocycles. The summed E-state index contributed by atoms with van der Waals surface area (Å²) in [6.45, 7) is 0. The molecule has 3 rings (SSSR count). The van der Waals surface area contributed by atoms with Crippen LogP contribution in [0.5, 0.6) is 0 Å². The molecule has 0 N–H and O–H groups in total. The van der Waals surface area contributed by atoms with Crippen molar-refractivity contribution in [3.63, 3.8) is 0 Å². The van der Waals surface area contributed by atoms with Crippen LogP contribution in [0.2, 0.25) is 0 Å². The number of nitriles is 1. The number of hydrogen-bond acceptors (Lipinski definition) is 1. The van der Waals surface area contributed by atoms with Crippen molar-refractivity contribution in [1.29, 1.82) is 5.26 Å². The fourth-order valence-corrected chi connectivity index (χ4v) is 3.33. The van der Waals surface area contributed by atoms with E-state index in [0.717, 1.165) is 19.3 Å². The largest absolute Gasteiger partial charge is 0.196 e. The molecule has 0 spiro atoms. The number of alkyl halides is 1. The lowest BCUT2D eigenvalue weighted by Gasteiger charge is -2.31. The Kier molecular flexibility index (Phi) is 2.09. The van der Waals surface area contributed by atoms with Crippen LogP contribution in [0.25, 0.3) is 0 Å². The van der Waals surface area contributed by atoms with Crippen LogP contribution in [0.1, 0.15) is 29.9 Å². The Bertz CT molecular complexity index is 512. The van der Waals surface area contributed by atoms with Gasteiger partial charge in [0.2, 0.25) is 0 Å². The zero-order valence-electron chi connectivity index (χ0n) is 8.91. The second kappa shape index (κ2) is 3.37. The molecule has 2 heteroatoms. The maximum Gasteiger partial charge on any atom is 0.141 e. The van der Waals surface area contributed by atoms with E-state index in [-0.39, 0.29) is 5.92 Å². The average Bonchev–Trinajstić information content (AvgIpc) is 2.69. The van der Waals surface area contributed by atoms with Crippen molar-refractivity contribution in [3.05, 3.63) is 47.0 Å². The third kappa shape index (κ3) is 1.23. The van der Waals surface area contributed by atoms with Crippen molar-refractivity contribution in [2.45, 2.75) is 30.1 Å². The van der Waals surface area contributed by atoms with E-state index in [9.17, 15) is 5.26 Å². The van der Waals surface area contributed by atoms with E-state index in [0.29, 0.717) is 0 Å². The highest BCUT2D eigenvalue weighted by atomic mass is 35.5. The summed E-state index contributed by atoms with van der Waals surface area (Å²) in [4.78, 5) is -0.726. The Morgan fingerprint density at radius 2 is 2.19 bits per heavy atom. The Morgan fingerprint density at radius 3 is 3.00 bits per heavy atom. The summed E-state index contributed by atoms with van der Waals surface area (Å²) < 4.78 is 0. The van der Waals surface area contributed by atoms with E-state index in [1.54, 1.807) is 0 Å². The van der Waals surface area contributed by atoms with Crippen LogP contribution < -0.4 is 0 Å². The lowest BCUT2D eigenvalue weighted by Crippen LogP contribution is -2.30. The molecule has 0 saturated carbocycles. The van der Waals surface area contributed by atoms with Gasteiger partial charge in [0.15, 0.2) is 0 Å². The molecule has 16 heavy (non-hydrogen) atoms. The minimum absolute atomic E-state index is 0.115. The van der Waals surface area contributed by atoms with Gasteiger partial charge in [-0.3, -0.25) is 0 Å². The first kappa shape index (κ1) is 9.93. The second-order valence-corrected chi connectivity index (χ2v) is 5.28. The predicted molar refractivity (Wildman–Crippen MR) is 64.4 cm³/mol. The molecule has 1 aromatic carbocycles. The van der Waals surface area contributed by atoms with Crippen LogP contribution in [-0.4, -0.2) is 4.87 Å². The number of allylic oxidation sites excluding steroid dienone is 2. The normalized spacial score (nSPS) is 31.2. The maximum absolute atomic E-state index is 9.31. The SMILES string of the molecule is N#CC1(Cl)CCC=C2Cc3ccccc3[C@H]21. The minimum Gasteiger partial charge on any atom is -0.196 e. The average molecular weight is 230 g/mol. The number of nitrogens with zero attached hydrogens (tertiary/aromatic N) is 1. The first-order valence-electron chi connectivity index (χ1n) is 5.61. The van der Waals surface area contributed by atoms with Gasteiger partial charge in [-0.25, -0.2) is 0 Å². The van der Waals surface area contributed by atoms with Crippen LogP contribution in [0.4, 0.5) is 0 Å². The molecule has 1 aromatic rings. The minimum atomic E-state index is -0.726. The third-order valence-corrected chi connectivity index (χ3v) is 4.18. The molecule has 1 unspecified atom stereocenters. The van der Waals surface area contributed by atoms with Gasteiger partial charge in [0, 0.05) is 5.92 Å². The van der Waals surface area contributed by atoms with Gasteiger partial charge < -0.3 is 0 Å². The summed E-state index contributed by atoms with van der Waals surface area (Å²) >= 11 is 6.49. The quantitative estimate of drug-likeness (QED) is 0.493. The molecule has 0 fully saturated rings. The molecule has 2 aliphatic carbocycles. The Hall–Kier alpha value is -1.26. The summed E-state index contributed by atoms with van der Waals surface area (Å²) in [6.07, 6.45) is 4.92. The number of fused-ring (bicyclic) bond motifs is 3. The summed E-state index contributed by atoms with van der Waals surface area (Å²) in [7, 11) is 0. The van der Waals surface area contributed by atoms with Gasteiger partial charge in [-0.05, 0) is 30.4 Å². The molecule has 2 atom stereocenters. The third-order valence-electron chi connectivity index (χ3n) is 3.69. The zero-order valence-corrected chi connectivity index (χ0v) is 9.67. The van der Waals surface area contributed by atoms with E-state index in [2.05, 4.69) is 30.3 Å². The van der Waals surface area contributed by atoms with Crippen LogP contribution >= 0.6 is 11.6 Å². The van der Waals surface area contributed by atoms with Crippen molar-refractivity contribution >= 4 is 11.6 Å². The van der Waals surface area contributed by atoms with E-state index in [1.807, 2.05) is 6.07 Å². The van der Waals surface area contributed by atoms with Gasteiger partial charge in [0.25, 0.3) is 0 Å². The summed E-state index contributed by atoms with van der Waals surface area (Å²) in [5.41, 5.74) is 3.93. The molecular weight excluding hydrogens is 218 g/mol. The van der Waals surface area contributed by atoms with Crippen molar-refractivity contribution in [1.82, 2.24) is 0 Å². The topological polar surface area (TPSA) is 23.8 Å². The highest BCUT2D eigenvalue weighted by Crippen LogP contribution is 2.51. The van der Waals surface area contributed by atoms with Crippen molar-refractivity contribution in [2.75, 3.05) is 0 Å². The molecule has 80 valence electrons. The van der Waals surface area contributed by atoms with Crippen LogP contribution in [-0.2, 0) is 6.42 Å². The molecule has 2 aliphatic rings. The molecule has 0 radical (unpaired) electrons. The van der Waals surface area contributed by atoms with E-state index in [4.69, 9.17) is 11.6 Å². The Labute approximate surface area is 100 Å². The maximum atomic E-state index is 9.31. The van der Waals surface area contributed by atoms with Crippen molar-refractivity contribution in [3.8, 4) is 6.07 Å². The van der Waals surface area contributed by atoms with Crippen molar-refractivity contribution < 1.29 is 0 Å². The molecule has 0 bridgehead atoms. The van der Waals surface area contributed by atoms with E-state index >= 15 is 0 Å². The molecule has 0 aromatic heterocycles. The Balaban J connectivity index is 2.18. The number of benzene rings is 1. The Morgan fingerprint density at radius 1 is 1.38 bits per heavy atom. The predicted octanol–water partition coefficient (Wildman–Crippen LogP) is 3.55. The first-order valence-corrected chi connectivity index (χ1v) is 5.99. The van der Waals surface area contributed by atoms with Crippen LogP contribution in [0.3, 0.4) is 0 Å². The van der Waals surface area contributed by atoms with Gasteiger partial charge in [-0.2, -0.15) is 5.26 Å².